The summed E-state index contributed by atoms with van der Waals surface area (Å²) in [5.74, 6) is 0.769. The van der Waals surface area contributed by atoms with Gasteiger partial charge in [-0.3, -0.25) is 4.79 Å². The standard InChI is InChI=1S/C13H17NO2/c1-3-4-5-11-13(15)14-10-7-6-9(2)8-12(10)16-11/h6-8,11H,3-5H2,1-2H3,(H,14,15). The molecule has 1 amide bonds. The minimum atomic E-state index is -0.325. The van der Waals surface area contributed by atoms with E-state index >= 15 is 0 Å². The molecule has 1 aliphatic heterocycles. The van der Waals surface area contributed by atoms with E-state index in [-0.39, 0.29) is 12.0 Å². The Hall–Kier alpha value is -1.51. The van der Waals surface area contributed by atoms with E-state index in [1.807, 2.05) is 25.1 Å². The van der Waals surface area contributed by atoms with E-state index in [2.05, 4.69) is 12.2 Å². The zero-order valence-electron chi connectivity index (χ0n) is 9.75. The van der Waals surface area contributed by atoms with Crippen LogP contribution in [-0.2, 0) is 4.79 Å². The van der Waals surface area contributed by atoms with Crippen LogP contribution in [0, 0.1) is 6.92 Å². The van der Waals surface area contributed by atoms with Crippen molar-refractivity contribution in [1.82, 2.24) is 0 Å². The van der Waals surface area contributed by atoms with Gasteiger partial charge in [-0.05, 0) is 37.5 Å². The van der Waals surface area contributed by atoms with Gasteiger partial charge in [0, 0.05) is 0 Å². The Morgan fingerprint density at radius 3 is 3.00 bits per heavy atom. The number of ether oxygens (including phenoxy) is 1. The molecule has 1 aliphatic rings. The van der Waals surface area contributed by atoms with Crippen LogP contribution in [-0.4, -0.2) is 12.0 Å². The fourth-order valence-corrected chi connectivity index (χ4v) is 1.83. The molecule has 16 heavy (non-hydrogen) atoms. The van der Waals surface area contributed by atoms with E-state index in [0.29, 0.717) is 0 Å². The van der Waals surface area contributed by atoms with Crippen LogP contribution >= 0.6 is 0 Å². The molecule has 0 fully saturated rings. The summed E-state index contributed by atoms with van der Waals surface area (Å²) < 4.78 is 5.72. The lowest BCUT2D eigenvalue weighted by atomic mass is 10.1. The van der Waals surface area contributed by atoms with Gasteiger partial charge in [0.05, 0.1) is 5.69 Å². The third-order valence-electron chi connectivity index (χ3n) is 2.78. The van der Waals surface area contributed by atoms with Gasteiger partial charge in [0.2, 0.25) is 0 Å². The Kier molecular flexibility index (Phi) is 3.13. The molecule has 0 aliphatic carbocycles. The molecule has 1 heterocycles. The molecule has 1 atom stereocenters. The Morgan fingerprint density at radius 2 is 2.25 bits per heavy atom. The van der Waals surface area contributed by atoms with Gasteiger partial charge in [-0.2, -0.15) is 0 Å². The summed E-state index contributed by atoms with van der Waals surface area (Å²) in [6.07, 6.45) is 2.55. The number of amides is 1. The van der Waals surface area contributed by atoms with Crippen LogP contribution in [0.15, 0.2) is 18.2 Å². The maximum atomic E-state index is 11.7. The summed E-state index contributed by atoms with van der Waals surface area (Å²) in [5.41, 5.74) is 1.92. The molecular weight excluding hydrogens is 202 g/mol. The van der Waals surface area contributed by atoms with Crippen LogP contribution in [0.5, 0.6) is 5.75 Å². The molecule has 0 saturated heterocycles. The number of hydrogen-bond donors (Lipinski definition) is 1. The summed E-state index contributed by atoms with van der Waals surface area (Å²) in [7, 11) is 0. The van der Waals surface area contributed by atoms with Crippen molar-refractivity contribution in [2.24, 2.45) is 0 Å². The first kappa shape index (κ1) is 11.0. The second kappa shape index (κ2) is 4.56. The van der Waals surface area contributed by atoms with E-state index in [0.717, 1.165) is 36.3 Å². The maximum Gasteiger partial charge on any atom is 0.265 e. The number of aryl methyl sites for hydroxylation is 1. The summed E-state index contributed by atoms with van der Waals surface area (Å²) in [6.45, 7) is 4.12. The first-order valence-electron chi connectivity index (χ1n) is 5.79. The number of anilines is 1. The highest BCUT2D eigenvalue weighted by Crippen LogP contribution is 2.31. The van der Waals surface area contributed by atoms with E-state index in [1.165, 1.54) is 0 Å². The van der Waals surface area contributed by atoms with Crippen LogP contribution in [0.3, 0.4) is 0 Å². The van der Waals surface area contributed by atoms with Gasteiger partial charge >= 0.3 is 0 Å². The summed E-state index contributed by atoms with van der Waals surface area (Å²) in [5, 5.41) is 2.88. The molecule has 0 spiro atoms. The quantitative estimate of drug-likeness (QED) is 0.848. The van der Waals surface area contributed by atoms with Crippen molar-refractivity contribution in [2.45, 2.75) is 39.2 Å². The number of nitrogens with one attached hydrogen (secondary N) is 1. The smallest absolute Gasteiger partial charge is 0.265 e. The molecule has 3 nitrogen and oxygen atoms in total. The van der Waals surface area contributed by atoms with Gasteiger partial charge in [-0.25, -0.2) is 0 Å². The fraction of sp³-hybridized carbons (Fsp3) is 0.462. The van der Waals surface area contributed by atoms with Crippen LogP contribution in [0.25, 0.3) is 0 Å². The number of hydrogen-bond acceptors (Lipinski definition) is 2. The lowest BCUT2D eigenvalue weighted by molar-refractivity contribution is -0.123. The van der Waals surface area contributed by atoms with Crippen molar-refractivity contribution in [2.75, 3.05) is 5.32 Å². The molecule has 0 radical (unpaired) electrons. The number of rotatable bonds is 3. The average Bonchev–Trinajstić information content (AvgIpc) is 2.27. The third-order valence-corrected chi connectivity index (χ3v) is 2.78. The predicted octanol–water partition coefficient (Wildman–Crippen LogP) is 2.88. The van der Waals surface area contributed by atoms with Crippen molar-refractivity contribution in [1.29, 1.82) is 0 Å². The van der Waals surface area contributed by atoms with E-state index in [1.54, 1.807) is 0 Å². The highest BCUT2D eigenvalue weighted by molar-refractivity contribution is 5.97. The number of fused-ring (bicyclic) bond motifs is 1. The number of carbonyl (C=O) groups excluding carboxylic acids is 1. The number of benzene rings is 1. The molecule has 3 heteroatoms. The van der Waals surface area contributed by atoms with Gasteiger partial charge in [-0.15, -0.1) is 0 Å². The second-order valence-corrected chi connectivity index (χ2v) is 4.24. The predicted molar refractivity (Wildman–Crippen MR) is 63.7 cm³/mol. The topological polar surface area (TPSA) is 38.3 Å². The molecule has 86 valence electrons. The minimum Gasteiger partial charge on any atom is -0.478 e. The van der Waals surface area contributed by atoms with Gasteiger partial charge in [-0.1, -0.05) is 19.4 Å². The van der Waals surface area contributed by atoms with Crippen molar-refractivity contribution >= 4 is 11.6 Å². The molecule has 0 bridgehead atoms. The SMILES string of the molecule is CCCCC1Oc2cc(C)ccc2NC1=O. The molecule has 0 aromatic heterocycles. The van der Waals surface area contributed by atoms with Crippen LogP contribution in [0.1, 0.15) is 31.7 Å². The monoisotopic (exact) mass is 219 g/mol. The molecule has 1 aromatic carbocycles. The molecule has 1 aromatic rings. The largest absolute Gasteiger partial charge is 0.478 e. The molecular formula is C13H17NO2. The first-order valence-corrected chi connectivity index (χ1v) is 5.79. The lowest BCUT2D eigenvalue weighted by Crippen LogP contribution is -2.36. The highest BCUT2D eigenvalue weighted by atomic mass is 16.5. The zero-order chi connectivity index (χ0) is 11.5. The Morgan fingerprint density at radius 1 is 1.44 bits per heavy atom. The molecule has 1 N–H and O–H groups in total. The van der Waals surface area contributed by atoms with E-state index in [4.69, 9.17) is 4.74 Å². The summed E-state index contributed by atoms with van der Waals surface area (Å²) >= 11 is 0. The highest BCUT2D eigenvalue weighted by Gasteiger charge is 2.26. The van der Waals surface area contributed by atoms with Crippen molar-refractivity contribution < 1.29 is 9.53 Å². The average molecular weight is 219 g/mol. The lowest BCUT2D eigenvalue weighted by Gasteiger charge is -2.26. The van der Waals surface area contributed by atoms with E-state index < -0.39 is 0 Å². The number of unbranched alkanes of at least 4 members (excludes halogenated alkanes) is 1. The third kappa shape index (κ3) is 2.18. The van der Waals surface area contributed by atoms with Crippen molar-refractivity contribution in [3.8, 4) is 5.75 Å². The normalized spacial score (nSPS) is 18.6. The van der Waals surface area contributed by atoms with Crippen molar-refractivity contribution in [3.05, 3.63) is 23.8 Å². The zero-order valence-corrected chi connectivity index (χ0v) is 9.75. The summed E-state index contributed by atoms with van der Waals surface area (Å²) in [6, 6.07) is 5.82. The molecule has 0 saturated carbocycles. The van der Waals surface area contributed by atoms with Gasteiger partial charge < -0.3 is 10.1 Å². The van der Waals surface area contributed by atoms with E-state index in [9.17, 15) is 4.79 Å². The second-order valence-electron chi connectivity index (χ2n) is 4.24. The van der Waals surface area contributed by atoms with Crippen LogP contribution < -0.4 is 10.1 Å². The Bertz CT molecular complexity index is 401. The number of carbonyl (C=O) groups is 1. The fourth-order valence-electron chi connectivity index (χ4n) is 1.83. The van der Waals surface area contributed by atoms with Crippen LogP contribution in [0.4, 0.5) is 5.69 Å². The summed E-state index contributed by atoms with van der Waals surface area (Å²) in [4.78, 5) is 11.7. The maximum absolute atomic E-state index is 11.7. The molecule has 1 unspecified atom stereocenters. The Balaban J connectivity index is 2.16. The Labute approximate surface area is 95.8 Å². The minimum absolute atomic E-state index is 0.0233. The van der Waals surface area contributed by atoms with Gasteiger partial charge in [0.1, 0.15) is 5.75 Å². The molecule has 2 rings (SSSR count). The van der Waals surface area contributed by atoms with Gasteiger partial charge in [0.25, 0.3) is 5.91 Å². The van der Waals surface area contributed by atoms with Gasteiger partial charge in [0.15, 0.2) is 6.10 Å². The van der Waals surface area contributed by atoms with Crippen molar-refractivity contribution in [3.63, 3.8) is 0 Å². The first-order chi connectivity index (χ1) is 7.70. The van der Waals surface area contributed by atoms with Crippen LogP contribution in [0.2, 0.25) is 0 Å².